The van der Waals surface area contributed by atoms with Gasteiger partial charge in [0.1, 0.15) is 0 Å². The standard InChI is InChI=1S/C17H23Cl2N3OS/c1-11(2)9-20-16(23)12-4-3-7-22(10-12)17(24)21-13-5-6-14(18)15(19)8-13/h5-6,8,11-12H,3-4,7,9-10H2,1-2H3,(H,20,23)(H,21,24). The average Bonchev–Trinajstić information content (AvgIpc) is 2.56. The number of carbonyl (C=O) groups excluding carboxylic acids is 1. The monoisotopic (exact) mass is 387 g/mol. The van der Waals surface area contributed by atoms with Crippen molar-refractivity contribution in [2.24, 2.45) is 11.8 Å². The topological polar surface area (TPSA) is 44.4 Å². The summed E-state index contributed by atoms with van der Waals surface area (Å²) < 4.78 is 0. The van der Waals surface area contributed by atoms with E-state index in [-0.39, 0.29) is 11.8 Å². The first kappa shape index (κ1) is 19.3. The summed E-state index contributed by atoms with van der Waals surface area (Å²) in [5.41, 5.74) is 0.792. The van der Waals surface area contributed by atoms with Crippen LogP contribution in [0.15, 0.2) is 18.2 Å². The zero-order valence-corrected chi connectivity index (χ0v) is 16.3. The van der Waals surface area contributed by atoms with E-state index in [2.05, 4.69) is 24.5 Å². The summed E-state index contributed by atoms with van der Waals surface area (Å²) in [5.74, 6) is 0.544. The Labute approximate surface area is 158 Å². The maximum atomic E-state index is 12.3. The van der Waals surface area contributed by atoms with E-state index in [0.717, 1.165) is 25.1 Å². The van der Waals surface area contributed by atoms with Crippen molar-refractivity contribution in [1.82, 2.24) is 10.2 Å². The fourth-order valence-electron chi connectivity index (χ4n) is 2.60. The van der Waals surface area contributed by atoms with Crippen molar-refractivity contribution < 1.29 is 4.79 Å². The fourth-order valence-corrected chi connectivity index (χ4v) is 3.18. The summed E-state index contributed by atoms with van der Waals surface area (Å²) in [6.07, 6.45) is 1.85. The number of amides is 1. The van der Waals surface area contributed by atoms with Crippen LogP contribution in [0.2, 0.25) is 10.0 Å². The van der Waals surface area contributed by atoms with Crippen LogP contribution in [0.1, 0.15) is 26.7 Å². The highest BCUT2D eigenvalue weighted by molar-refractivity contribution is 7.80. The minimum Gasteiger partial charge on any atom is -0.356 e. The van der Waals surface area contributed by atoms with Crippen LogP contribution in [0.25, 0.3) is 0 Å². The van der Waals surface area contributed by atoms with Gasteiger partial charge in [-0.25, -0.2) is 0 Å². The molecule has 24 heavy (non-hydrogen) atoms. The third kappa shape index (κ3) is 5.50. The zero-order chi connectivity index (χ0) is 17.7. The molecule has 1 aromatic rings. The van der Waals surface area contributed by atoms with Crippen molar-refractivity contribution in [3.8, 4) is 0 Å². The van der Waals surface area contributed by atoms with Crippen LogP contribution in [-0.2, 0) is 4.79 Å². The van der Waals surface area contributed by atoms with Crippen LogP contribution in [0.4, 0.5) is 5.69 Å². The van der Waals surface area contributed by atoms with E-state index < -0.39 is 0 Å². The predicted octanol–water partition coefficient (Wildman–Crippen LogP) is 4.17. The van der Waals surface area contributed by atoms with E-state index in [1.165, 1.54) is 0 Å². The first-order valence-corrected chi connectivity index (χ1v) is 9.32. The van der Waals surface area contributed by atoms with Gasteiger partial charge in [0.2, 0.25) is 5.91 Å². The van der Waals surface area contributed by atoms with Gasteiger partial charge in [0, 0.05) is 25.3 Å². The summed E-state index contributed by atoms with van der Waals surface area (Å²) in [6.45, 7) is 6.37. The first-order chi connectivity index (χ1) is 11.4. The second kappa shape index (κ2) is 8.88. The van der Waals surface area contributed by atoms with Crippen molar-refractivity contribution >= 4 is 52.1 Å². The fraction of sp³-hybridized carbons (Fsp3) is 0.529. The lowest BCUT2D eigenvalue weighted by Gasteiger charge is -2.34. The summed E-state index contributed by atoms with van der Waals surface area (Å²) in [4.78, 5) is 14.3. The Kier molecular flexibility index (Phi) is 7.14. The van der Waals surface area contributed by atoms with E-state index in [4.69, 9.17) is 35.4 Å². The van der Waals surface area contributed by atoms with Crippen LogP contribution in [0.5, 0.6) is 0 Å². The second-order valence-electron chi connectivity index (χ2n) is 6.48. The van der Waals surface area contributed by atoms with Gasteiger partial charge in [-0.1, -0.05) is 37.0 Å². The van der Waals surface area contributed by atoms with Gasteiger partial charge in [-0.3, -0.25) is 4.79 Å². The van der Waals surface area contributed by atoms with Crippen LogP contribution in [0, 0.1) is 11.8 Å². The Hall–Kier alpha value is -1.04. The molecule has 1 aliphatic rings. The molecular weight excluding hydrogens is 365 g/mol. The van der Waals surface area contributed by atoms with Gasteiger partial charge in [0.15, 0.2) is 5.11 Å². The number of likely N-dealkylation sites (tertiary alicyclic amines) is 1. The molecule has 0 bridgehead atoms. The summed E-state index contributed by atoms with van der Waals surface area (Å²) in [5, 5.41) is 7.78. The van der Waals surface area contributed by atoms with Crippen LogP contribution in [0.3, 0.4) is 0 Å². The summed E-state index contributed by atoms with van der Waals surface area (Å²) in [7, 11) is 0. The highest BCUT2D eigenvalue weighted by Crippen LogP contribution is 2.25. The molecule has 1 unspecified atom stereocenters. The molecule has 1 fully saturated rings. The van der Waals surface area contributed by atoms with E-state index in [0.29, 0.717) is 34.2 Å². The number of rotatable bonds is 4. The minimum absolute atomic E-state index is 0.0222. The molecule has 0 spiro atoms. The van der Waals surface area contributed by atoms with Crippen molar-refractivity contribution in [2.45, 2.75) is 26.7 Å². The number of nitrogens with zero attached hydrogens (tertiary/aromatic N) is 1. The third-order valence-corrected chi connectivity index (χ3v) is 5.03. The maximum absolute atomic E-state index is 12.3. The van der Waals surface area contributed by atoms with Crippen LogP contribution >= 0.6 is 35.4 Å². The molecule has 0 radical (unpaired) electrons. The number of carbonyl (C=O) groups is 1. The highest BCUT2D eigenvalue weighted by atomic mass is 35.5. The molecular formula is C17H23Cl2N3OS. The summed E-state index contributed by atoms with van der Waals surface area (Å²) in [6, 6.07) is 5.30. The Bertz CT molecular complexity index is 609. The summed E-state index contributed by atoms with van der Waals surface area (Å²) >= 11 is 17.4. The molecule has 1 aliphatic heterocycles. The Morgan fingerprint density at radius 1 is 1.38 bits per heavy atom. The second-order valence-corrected chi connectivity index (χ2v) is 7.68. The number of thiocarbonyl (C=S) groups is 1. The number of anilines is 1. The molecule has 1 heterocycles. The SMILES string of the molecule is CC(C)CNC(=O)C1CCCN(C(=S)Nc2ccc(Cl)c(Cl)c2)C1. The van der Waals surface area contributed by atoms with E-state index in [9.17, 15) is 4.79 Å². The van der Waals surface area contributed by atoms with E-state index in [1.54, 1.807) is 12.1 Å². The number of halogens is 2. The normalized spacial score (nSPS) is 17.7. The average molecular weight is 388 g/mol. The quantitative estimate of drug-likeness (QED) is 0.760. The molecule has 2 rings (SSSR count). The minimum atomic E-state index is -0.0222. The van der Waals surface area contributed by atoms with Crippen molar-refractivity contribution in [3.05, 3.63) is 28.2 Å². The third-order valence-electron chi connectivity index (χ3n) is 3.93. The lowest BCUT2D eigenvalue weighted by Crippen LogP contribution is -2.47. The van der Waals surface area contributed by atoms with Gasteiger partial charge < -0.3 is 15.5 Å². The first-order valence-electron chi connectivity index (χ1n) is 8.15. The van der Waals surface area contributed by atoms with E-state index >= 15 is 0 Å². The molecule has 0 saturated carbocycles. The van der Waals surface area contributed by atoms with Gasteiger partial charge in [0.05, 0.1) is 16.0 Å². The highest BCUT2D eigenvalue weighted by Gasteiger charge is 2.27. The molecule has 1 amide bonds. The smallest absolute Gasteiger partial charge is 0.224 e. The Morgan fingerprint density at radius 2 is 2.12 bits per heavy atom. The number of hydrogen-bond donors (Lipinski definition) is 2. The predicted molar refractivity (Wildman–Crippen MR) is 105 cm³/mol. The van der Waals surface area contributed by atoms with Gasteiger partial charge in [-0.15, -0.1) is 0 Å². The van der Waals surface area contributed by atoms with Gasteiger partial charge in [0.25, 0.3) is 0 Å². The number of piperidine rings is 1. The molecule has 4 nitrogen and oxygen atoms in total. The largest absolute Gasteiger partial charge is 0.356 e. The number of hydrogen-bond acceptors (Lipinski definition) is 2. The van der Waals surface area contributed by atoms with Gasteiger partial charge >= 0.3 is 0 Å². The van der Waals surface area contributed by atoms with Crippen LogP contribution < -0.4 is 10.6 Å². The molecule has 7 heteroatoms. The molecule has 2 N–H and O–H groups in total. The van der Waals surface area contributed by atoms with Crippen molar-refractivity contribution in [2.75, 3.05) is 25.0 Å². The van der Waals surface area contributed by atoms with Gasteiger partial charge in [-0.05, 0) is 49.2 Å². The molecule has 1 aromatic carbocycles. The molecule has 1 saturated heterocycles. The van der Waals surface area contributed by atoms with Crippen LogP contribution in [-0.4, -0.2) is 35.6 Å². The zero-order valence-electron chi connectivity index (χ0n) is 13.9. The lowest BCUT2D eigenvalue weighted by molar-refractivity contribution is -0.126. The number of nitrogens with one attached hydrogen (secondary N) is 2. The molecule has 0 aromatic heterocycles. The Morgan fingerprint density at radius 3 is 2.79 bits per heavy atom. The van der Waals surface area contributed by atoms with Crippen molar-refractivity contribution in [1.29, 1.82) is 0 Å². The molecule has 0 aliphatic carbocycles. The molecule has 132 valence electrons. The van der Waals surface area contributed by atoms with E-state index in [1.807, 2.05) is 11.0 Å². The Balaban J connectivity index is 1.92. The lowest BCUT2D eigenvalue weighted by atomic mass is 9.97. The van der Waals surface area contributed by atoms with Gasteiger partial charge in [-0.2, -0.15) is 0 Å². The maximum Gasteiger partial charge on any atom is 0.224 e. The van der Waals surface area contributed by atoms with Crippen molar-refractivity contribution in [3.63, 3.8) is 0 Å². The number of benzene rings is 1. The molecule has 1 atom stereocenters.